The van der Waals surface area contributed by atoms with Gasteiger partial charge in [-0.05, 0) is 43.4 Å². The predicted molar refractivity (Wildman–Crippen MR) is 64.0 cm³/mol. The highest BCUT2D eigenvalue weighted by Crippen LogP contribution is 2.30. The van der Waals surface area contributed by atoms with Gasteiger partial charge in [0.1, 0.15) is 0 Å². The van der Waals surface area contributed by atoms with Crippen molar-refractivity contribution in [1.29, 1.82) is 0 Å². The van der Waals surface area contributed by atoms with Crippen LogP contribution in [0.25, 0.3) is 0 Å². The van der Waals surface area contributed by atoms with E-state index >= 15 is 0 Å². The third kappa shape index (κ3) is 2.25. The molecule has 0 saturated carbocycles. The van der Waals surface area contributed by atoms with Gasteiger partial charge in [0, 0.05) is 25.0 Å². The molecule has 0 fully saturated rings. The highest BCUT2D eigenvalue weighted by molar-refractivity contribution is 5.30. The van der Waals surface area contributed by atoms with E-state index in [2.05, 4.69) is 43.2 Å². The minimum absolute atomic E-state index is 0.585. The number of hydrogen-bond acceptors (Lipinski definition) is 1. The topological polar surface area (TPSA) is 17.0 Å². The average Bonchev–Trinajstić information content (AvgIpc) is 2.58. The van der Waals surface area contributed by atoms with Crippen LogP contribution in [0, 0.1) is 5.92 Å². The van der Waals surface area contributed by atoms with Gasteiger partial charge in [0.15, 0.2) is 0 Å². The Hall–Kier alpha value is -0.760. The Labute approximate surface area is 92.7 Å². The van der Waals surface area contributed by atoms with E-state index in [1.807, 2.05) is 0 Å². The van der Waals surface area contributed by atoms with Crippen LogP contribution >= 0.6 is 0 Å². The molecule has 0 spiro atoms. The molecular formula is C13H22N2. The van der Waals surface area contributed by atoms with Crippen molar-refractivity contribution in [2.45, 2.75) is 45.7 Å². The molecule has 1 aromatic rings. The van der Waals surface area contributed by atoms with E-state index in [4.69, 9.17) is 0 Å². The van der Waals surface area contributed by atoms with E-state index in [9.17, 15) is 0 Å². The van der Waals surface area contributed by atoms with Crippen LogP contribution in [0.15, 0.2) is 12.4 Å². The molecular weight excluding hydrogens is 184 g/mol. The normalized spacial score (nSPS) is 20.7. The van der Waals surface area contributed by atoms with Crippen molar-refractivity contribution in [2.24, 2.45) is 5.92 Å². The van der Waals surface area contributed by atoms with Crippen molar-refractivity contribution in [3.05, 3.63) is 23.5 Å². The molecule has 1 aliphatic rings. The molecule has 1 atom stereocenters. The van der Waals surface area contributed by atoms with Gasteiger partial charge in [-0.2, -0.15) is 0 Å². The van der Waals surface area contributed by atoms with Crippen LogP contribution in [0.2, 0.25) is 0 Å². The predicted octanol–water partition coefficient (Wildman–Crippen LogP) is 2.74. The molecule has 2 nitrogen and oxygen atoms in total. The fraction of sp³-hybridized carbons (Fsp3) is 0.692. The molecule has 1 heterocycles. The van der Waals surface area contributed by atoms with Gasteiger partial charge < -0.3 is 9.88 Å². The Balaban J connectivity index is 2.21. The van der Waals surface area contributed by atoms with E-state index in [-0.39, 0.29) is 0 Å². The monoisotopic (exact) mass is 206 g/mol. The van der Waals surface area contributed by atoms with Gasteiger partial charge in [-0.25, -0.2) is 0 Å². The summed E-state index contributed by atoms with van der Waals surface area (Å²) < 4.78 is 2.37. The molecule has 84 valence electrons. The van der Waals surface area contributed by atoms with E-state index in [0.717, 1.165) is 12.5 Å². The van der Waals surface area contributed by atoms with Crippen molar-refractivity contribution in [3.8, 4) is 0 Å². The molecule has 2 rings (SSSR count). The lowest BCUT2D eigenvalue weighted by Gasteiger charge is -2.21. The lowest BCUT2D eigenvalue weighted by Crippen LogP contribution is -2.20. The zero-order valence-electron chi connectivity index (χ0n) is 10.1. The maximum atomic E-state index is 3.41. The van der Waals surface area contributed by atoms with Gasteiger partial charge >= 0.3 is 0 Å². The fourth-order valence-corrected chi connectivity index (χ4v) is 2.58. The highest BCUT2D eigenvalue weighted by atomic mass is 15.0. The van der Waals surface area contributed by atoms with Crippen molar-refractivity contribution in [3.63, 3.8) is 0 Å². The fourth-order valence-electron chi connectivity index (χ4n) is 2.58. The van der Waals surface area contributed by atoms with E-state index < -0.39 is 0 Å². The SMILES string of the molecule is CNC1CCCc2cn(CC(C)C)cc21. The molecule has 1 aliphatic carbocycles. The second-order valence-electron chi connectivity index (χ2n) is 5.06. The van der Waals surface area contributed by atoms with Crippen molar-refractivity contribution in [1.82, 2.24) is 9.88 Å². The summed E-state index contributed by atoms with van der Waals surface area (Å²) in [5.74, 6) is 0.729. The quantitative estimate of drug-likeness (QED) is 0.804. The lowest BCUT2D eigenvalue weighted by atomic mass is 9.91. The van der Waals surface area contributed by atoms with E-state index in [0.29, 0.717) is 6.04 Å². The first-order chi connectivity index (χ1) is 7.20. The second-order valence-corrected chi connectivity index (χ2v) is 5.06. The third-order valence-corrected chi connectivity index (χ3v) is 3.24. The molecule has 1 N–H and O–H groups in total. The second kappa shape index (κ2) is 4.40. The number of nitrogens with zero attached hydrogens (tertiary/aromatic N) is 1. The smallest absolute Gasteiger partial charge is 0.0335 e. The Morgan fingerprint density at radius 2 is 2.27 bits per heavy atom. The number of rotatable bonds is 3. The number of aromatic nitrogens is 1. The minimum Gasteiger partial charge on any atom is -0.353 e. The van der Waals surface area contributed by atoms with Crippen LogP contribution in [0.1, 0.15) is 43.9 Å². The summed E-state index contributed by atoms with van der Waals surface area (Å²) >= 11 is 0. The summed E-state index contributed by atoms with van der Waals surface area (Å²) in [5, 5.41) is 3.41. The van der Waals surface area contributed by atoms with Gasteiger partial charge in [0.05, 0.1) is 0 Å². The standard InChI is InChI=1S/C13H22N2/c1-10(2)7-15-8-11-5-4-6-13(14-3)12(11)9-15/h8-10,13-14H,4-7H2,1-3H3. The maximum Gasteiger partial charge on any atom is 0.0335 e. The molecule has 1 unspecified atom stereocenters. The van der Waals surface area contributed by atoms with E-state index in [1.54, 1.807) is 5.56 Å². The van der Waals surface area contributed by atoms with Gasteiger partial charge in [0.2, 0.25) is 0 Å². The molecule has 0 saturated heterocycles. The number of aryl methyl sites for hydroxylation is 1. The van der Waals surface area contributed by atoms with Gasteiger partial charge in [-0.15, -0.1) is 0 Å². The Kier molecular flexibility index (Phi) is 3.15. The van der Waals surface area contributed by atoms with Gasteiger partial charge in [-0.1, -0.05) is 13.8 Å². The molecule has 15 heavy (non-hydrogen) atoms. The maximum absolute atomic E-state index is 3.41. The number of fused-ring (bicyclic) bond motifs is 1. The highest BCUT2D eigenvalue weighted by Gasteiger charge is 2.20. The van der Waals surface area contributed by atoms with Crippen LogP contribution in [0.4, 0.5) is 0 Å². The summed E-state index contributed by atoms with van der Waals surface area (Å²) in [7, 11) is 2.07. The summed E-state index contributed by atoms with van der Waals surface area (Å²) in [5.41, 5.74) is 3.09. The van der Waals surface area contributed by atoms with Crippen LogP contribution in [-0.4, -0.2) is 11.6 Å². The Bertz CT molecular complexity index is 325. The first-order valence-electron chi connectivity index (χ1n) is 6.06. The minimum atomic E-state index is 0.585. The Morgan fingerprint density at radius 3 is 2.93 bits per heavy atom. The van der Waals surface area contributed by atoms with Crippen LogP contribution in [0.3, 0.4) is 0 Å². The molecule has 0 bridgehead atoms. The summed E-state index contributed by atoms with van der Waals surface area (Å²) in [4.78, 5) is 0. The van der Waals surface area contributed by atoms with Gasteiger partial charge in [0.25, 0.3) is 0 Å². The molecule has 0 amide bonds. The van der Waals surface area contributed by atoms with Crippen molar-refractivity contribution < 1.29 is 0 Å². The van der Waals surface area contributed by atoms with E-state index in [1.165, 1.54) is 24.8 Å². The zero-order chi connectivity index (χ0) is 10.8. The molecule has 2 heteroatoms. The zero-order valence-corrected chi connectivity index (χ0v) is 10.1. The summed E-state index contributed by atoms with van der Waals surface area (Å²) in [6.45, 7) is 5.69. The largest absolute Gasteiger partial charge is 0.353 e. The average molecular weight is 206 g/mol. The van der Waals surface area contributed by atoms with Crippen LogP contribution < -0.4 is 5.32 Å². The first kappa shape index (κ1) is 10.7. The number of nitrogens with one attached hydrogen (secondary N) is 1. The molecule has 0 radical (unpaired) electrons. The third-order valence-electron chi connectivity index (χ3n) is 3.24. The summed E-state index contributed by atoms with van der Waals surface area (Å²) in [6.07, 6.45) is 8.56. The molecule has 1 aromatic heterocycles. The van der Waals surface area contributed by atoms with Gasteiger partial charge in [-0.3, -0.25) is 0 Å². The summed E-state index contributed by atoms with van der Waals surface area (Å²) in [6, 6.07) is 0.585. The van der Waals surface area contributed by atoms with Crippen molar-refractivity contribution >= 4 is 0 Å². The Morgan fingerprint density at radius 1 is 1.47 bits per heavy atom. The van der Waals surface area contributed by atoms with Crippen LogP contribution in [0.5, 0.6) is 0 Å². The lowest BCUT2D eigenvalue weighted by molar-refractivity contribution is 0.496. The molecule has 0 aliphatic heterocycles. The number of hydrogen-bond donors (Lipinski definition) is 1. The van der Waals surface area contributed by atoms with Crippen LogP contribution in [-0.2, 0) is 13.0 Å². The first-order valence-corrected chi connectivity index (χ1v) is 6.06. The van der Waals surface area contributed by atoms with Crippen molar-refractivity contribution in [2.75, 3.05) is 7.05 Å². The molecule has 0 aromatic carbocycles.